The average Bonchev–Trinajstić information content (AvgIpc) is 2.40. The second kappa shape index (κ2) is 4.20. The molecule has 2 rings (SSSR count). The molecule has 0 spiro atoms. The van der Waals surface area contributed by atoms with Crippen LogP contribution in [0.5, 0.6) is 0 Å². The molecule has 0 aromatic rings. The largest absolute Gasteiger partial charge is 0.418 e. The van der Waals surface area contributed by atoms with Crippen LogP contribution in [0.2, 0.25) is 5.02 Å². The first kappa shape index (κ1) is 12.2. The van der Waals surface area contributed by atoms with E-state index in [-0.39, 0.29) is 10.6 Å². The maximum atomic E-state index is 12.5. The molecule has 1 N–H and O–H groups in total. The summed E-state index contributed by atoms with van der Waals surface area (Å²) in [7, 11) is 0. The summed E-state index contributed by atoms with van der Waals surface area (Å²) in [5.41, 5.74) is 0.591. The number of fused-ring (bicyclic) bond motifs is 1. The predicted molar refractivity (Wildman–Crippen MR) is 59.1 cm³/mol. The highest BCUT2D eigenvalue weighted by molar-refractivity contribution is 6.32. The number of alkyl halides is 3. The summed E-state index contributed by atoms with van der Waals surface area (Å²) < 4.78 is 37.5. The minimum absolute atomic E-state index is 0.0731. The molecule has 2 aliphatic rings. The van der Waals surface area contributed by atoms with Gasteiger partial charge < -0.3 is 5.11 Å². The van der Waals surface area contributed by atoms with Crippen LogP contribution in [0.1, 0.15) is 11.7 Å². The van der Waals surface area contributed by atoms with Gasteiger partial charge >= 0.3 is 6.18 Å². The van der Waals surface area contributed by atoms with Crippen molar-refractivity contribution in [1.82, 2.24) is 0 Å². The normalized spacial score (nSPS) is 13.9. The topological polar surface area (TPSA) is 20.2 Å². The molecule has 5 heteroatoms. The van der Waals surface area contributed by atoms with Crippen LogP contribution >= 0.6 is 11.6 Å². The van der Waals surface area contributed by atoms with Gasteiger partial charge in [-0.25, -0.2) is 0 Å². The number of aliphatic hydroxyl groups is 1. The minimum atomic E-state index is -4.72. The first-order valence-electron chi connectivity index (χ1n) is 4.83. The molecular weight excluding hydrogens is 253 g/mol. The molecule has 0 saturated heterocycles. The lowest BCUT2D eigenvalue weighted by molar-refractivity contribution is -0.206. The van der Waals surface area contributed by atoms with Gasteiger partial charge in [0.1, 0.15) is 0 Å². The molecule has 0 unspecified atom stereocenters. The number of aliphatic hydroxyl groups excluding tert-OH is 1. The zero-order valence-electron chi connectivity index (χ0n) is 8.50. The van der Waals surface area contributed by atoms with Crippen molar-refractivity contribution < 1.29 is 18.3 Å². The van der Waals surface area contributed by atoms with E-state index in [0.717, 1.165) is 0 Å². The summed E-state index contributed by atoms with van der Waals surface area (Å²) in [4.78, 5) is 0. The molecular formula is C12H8ClF3O. The van der Waals surface area contributed by atoms with Crippen LogP contribution in [0.25, 0.3) is 11.1 Å². The van der Waals surface area contributed by atoms with Crippen LogP contribution in [0.4, 0.5) is 13.2 Å². The van der Waals surface area contributed by atoms with Crippen molar-refractivity contribution in [2.75, 3.05) is 0 Å². The third-order valence-corrected chi connectivity index (χ3v) is 2.80. The van der Waals surface area contributed by atoms with E-state index in [1.807, 2.05) is 0 Å². The molecule has 0 amide bonds. The van der Waals surface area contributed by atoms with Crippen LogP contribution in [0, 0.1) is 0 Å². The summed E-state index contributed by atoms with van der Waals surface area (Å²) in [6.07, 6.45) is -7.28. The van der Waals surface area contributed by atoms with Crippen LogP contribution in [-0.2, 0) is 0 Å². The summed E-state index contributed by atoms with van der Waals surface area (Å²) in [6.45, 7) is 0. The van der Waals surface area contributed by atoms with Crippen molar-refractivity contribution in [3.8, 4) is 11.1 Å². The monoisotopic (exact) mass is 260 g/mol. The van der Waals surface area contributed by atoms with Crippen molar-refractivity contribution >= 4 is 11.6 Å². The minimum Gasteiger partial charge on any atom is -0.379 e. The molecule has 0 saturated carbocycles. The quantitative estimate of drug-likeness (QED) is 0.820. The molecule has 1 atom stereocenters. The van der Waals surface area contributed by atoms with Gasteiger partial charge in [0, 0.05) is 10.6 Å². The van der Waals surface area contributed by atoms with Gasteiger partial charge in [0.05, 0.1) is 0 Å². The first-order chi connectivity index (χ1) is 7.91. The first-order valence-corrected chi connectivity index (χ1v) is 5.21. The Morgan fingerprint density at radius 3 is 2.41 bits per heavy atom. The molecule has 17 heavy (non-hydrogen) atoms. The third kappa shape index (κ3) is 2.23. The molecule has 1 nitrogen and oxygen atoms in total. The van der Waals surface area contributed by atoms with Gasteiger partial charge in [-0.05, 0) is 17.2 Å². The van der Waals surface area contributed by atoms with Crippen LogP contribution in [0.15, 0.2) is 36.4 Å². The molecule has 0 bridgehead atoms. The standard InChI is InChI=1S/C12H8ClF3O/c13-9-6-7-4-2-1-3-5-8(7)10(9)11(17)12(14,15)16/h1-6,11,17H/t11-/m0/s1. The highest BCUT2D eigenvalue weighted by Gasteiger charge is 2.42. The fraction of sp³-hybridized carbons (Fsp3) is 0.167. The molecule has 0 heterocycles. The van der Waals surface area contributed by atoms with Crippen molar-refractivity contribution in [2.45, 2.75) is 12.3 Å². The SMILES string of the molecule is O[C@@H](c1c(Cl)cc2cccccc1-2)C(F)(F)F. The lowest BCUT2D eigenvalue weighted by atomic mass is 10.1. The second-order valence-corrected chi connectivity index (χ2v) is 4.04. The van der Waals surface area contributed by atoms with Crippen molar-refractivity contribution in [1.29, 1.82) is 0 Å². The van der Waals surface area contributed by atoms with E-state index in [2.05, 4.69) is 0 Å². The van der Waals surface area contributed by atoms with Gasteiger partial charge in [-0.15, -0.1) is 0 Å². The Hall–Kier alpha value is -1.26. The van der Waals surface area contributed by atoms with Gasteiger partial charge in [-0.3, -0.25) is 0 Å². The average molecular weight is 261 g/mol. The Morgan fingerprint density at radius 2 is 1.76 bits per heavy atom. The van der Waals surface area contributed by atoms with Crippen LogP contribution < -0.4 is 0 Å². The smallest absolute Gasteiger partial charge is 0.379 e. The number of hydrogen-bond acceptors (Lipinski definition) is 1. The predicted octanol–water partition coefficient (Wildman–Crippen LogP) is 4.04. The fourth-order valence-corrected chi connectivity index (χ4v) is 2.04. The summed E-state index contributed by atoms with van der Waals surface area (Å²) in [5, 5.41) is 9.22. The lowest BCUT2D eigenvalue weighted by Crippen LogP contribution is -2.20. The zero-order chi connectivity index (χ0) is 12.6. The Kier molecular flexibility index (Phi) is 3.02. The highest BCUT2D eigenvalue weighted by Crippen LogP contribution is 2.43. The highest BCUT2D eigenvalue weighted by atomic mass is 35.5. The van der Waals surface area contributed by atoms with E-state index in [0.29, 0.717) is 11.1 Å². The van der Waals surface area contributed by atoms with E-state index in [4.69, 9.17) is 11.6 Å². The van der Waals surface area contributed by atoms with E-state index in [9.17, 15) is 18.3 Å². The maximum absolute atomic E-state index is 12.5. The Balaban J connectivity index is 2.61. The molecule has 0 aromatic carbocycles. The van der Waals surface area contributed by atoms with Gasteiger partial charge in [-0.1, -0.05) is 41.9 Å². The Bertz CT molecular complexity index is 510. The summed E-state index contributed by atoms with van der Waals surface area (Å²) in [5.74, 6) is 0. The van der Waals surface area contributed by atoms with Crippen LogP contribution in [0.3, 0.4) is 0 Å². The third-order valence-electron chi connectivity index (χ3n) is 2.49. The molecule has 0 aromatic heterocycles. The summed E-state index contributed by atoms with van der Waals surface area (Å²) in [6, 6.07) is 9.56. The van der Waals surface area contributed by atoms with Gasteiger partial charge in [0.25, 0.3) is 0 Å². The fourth-order valence-electron chi connectivity index (χ4n) is 1.72. The molecule has 0 fully saturated rings. The van der Waals surface area contributed by atoms with Gasteiger partial charge in [0.2, 0.25) is 0 Å². The summed E-state index contributed by atoms with van der Waals surface area (Å²) >= 11 is 5.75. The van der Waals surface area contributed by atoms with E-state index < -0.39 is 12.3 Å². The lowest BCUT2D eigenvalue weighted by Gasteiger charge is -2.15. The van der Waals surface area contributed by atoms with E-state index >= 15 is 0 Å². The maximum Gasteiger partial charge on any atom is 0.418 e. The molecule has 0 radical (unpaired) electrons. The van der Waals surface area contributed by atoms with Gasteiger partial charge in [-0.2, -0.15) is 13.2 Å². The van der Waals surface area contributed by atoms with E-state index in [1.54, 1.807) is 24.3 Å². The zero-order valence-corrected chi connectivity index (χ0v) is 9.26. The molecule has 2 aliphatic carbocycles. The number of hydrogen-bond donors (Lipinski definition) is 1. The van der Waals surface area contributed by atoms with Gasteiger partial charge in [0.15, 0.2) is 6.10 Å². The second-order valence-electron chi connectivity index (χ2n) is 3.63. The van der Waals surface area contributed by atoms with Crippen molar-refractivity contribution in [2.24, 2.45) is 0 Å². The Morgan fingerprint density at radius 1 is 1.12 bits per heavy atom. The number of rotatable bonds is 1. The number of halogens is 4. The van der Waals surface area contributed by atoms with Crippen molar-refractivity contribution in [3.05, 3.63) is 47.0 Å². The Labute approximate surface area is 101 Å². The molecule has 0 aliphatic heterocycles. The van der Waals surface area contributed by atoms with Crippen LogP contribution in [-0.4, -0.2) is 11.3 Å². The van der Waals surface area contributed by atoms with E-state index in [1.165, 1.54) is 12.1 Å². The van der Waals surface area contributed by atoms with Crippen molar-refractivity contribution in [3.63, 3.8) is 0 Å². The molecule has 90 valence electrons.